The average molecular weight is 765 g/mol. The molecule has 0 saturated heterocycles. The first-order chi connectivity index (χ1) is 29.3. The first kappa shape index (κ1) is 35.0. The minimum atomic E-state index is -0.0763. The largest absolute Gasteiger partial charge is 0.0619 e. The molecule has 12 rings (SSSR count). The third-order valence-corrected chi connectivity index (χ3v) is 14.1. The highest BCUT2D eigenvalue weighted by Gasteiger charge is 2.37. The molecule has 2 aliphatic rings. The number of hydrogen-bond acceptors (Lipinski definition) is 0. The van der Waals surface area contributed by atoms with E-state index in [0.717, 1.165) is 0 Å². The molecule has 0 spiro atoms. The number of fused-ring (bicyclic) bond motifs is 9. The Kier molecular flexibility index (Phi) is 7.42. The zero-order chi connectivity index (χ0) is 40.3. The fourth-order valence-corrected chi connectivity index (χ4v) is 11.1. The quantitative estimate of drug-likeness (QED) is 0.157. The maximum atomic E-state index is 2.49. The van der Waals surface area contributed by atoms with E-state index in [0.29, 0.717) is 0 Å². The second-order valence-corrected chi connectivity index (χ2v) is 18.0. The lowest BCUT2D eigenvalue weighted by atomic mass is 9.80. The van der Waals surface area contributed by atoms with Crippen molar-refractivity contribution in [3.63, 3.8) is 0 Å². The predicted octanol–water partition coefficient (Wildman–Crippen LogP) is 16.4. The van der Waals surface area contributed by atoms with Gasteiger partial charge in [-0.15, -0.1) is 0 Å². The van der Waals surface area contributed by atoms with Crippen LogP contribution in [0.15, 0.2) is 194 Å². The molecule has 0 heterocycles. The monoisotopic (exact) mass is 764 g/mol. The Morgan fingerprint density at radius 1 is 0.250 bits per heavy atom. The molecule has 0 radical (unpaired) electrons. The highest BCUT2D eigenvalue weighted by atomic mass is 14.4. The first-order valence-corrected chi connectivity index (χ1v) is 21.3. The third-order valence-electron chi connectivity index (χ3n) is 14.1. The van der Waals surface area contributed by atoms with Crippen LogP contribution < -0.4 is 0 Å². The first-order valence-electron chi connectivity index (χ1n) is 21.3. The summed E-state index contributed by atoms with van der Waals surface area (Å²) in [5.74, 6) is 0. The Morgan fingerprint density at radius 2 is 0.733 bits per heavy atom. The van der Waals surface area contributed by atoms with E-state index in [2.05, 4.69) is 222 Å². The van der Waals surface area contributed by atoms with E-state index in [1.807, 2.05) is 0 Å². The zero-order valence-electron chi connectivity index (χ0n) is 34.5. The van der Waals surface area contributed by atoms with Gasteiger partial charge >= 0.3 is 0 Å². The Morgan fingerprint density at radius 3 is 1.50 bits per heavy atom. The summed E-state index contributed by atoms with van der Waals surface area (Å²) < 4.78 is 0. The van der Waals surface area contributed by atoms with E-state index in [1.54, 1.807) is 0 Å². The molecule has 0 N–H and O–H groups in total. The molecule has 2 aliphatic carbocycles. The van der Waals surface area contributed by atoms with Gasteiger partial charge in [-0.25, -0.2) is 0 Å². The van der Waals surface area contributed by atoms with Crippen LogP contribution in [-0.2, 0) is 10.8 Å². The predicted molar refractivity (Wildman–Crippen MR) is 256 cm³/mol. The van der Waals surface area contributed by atoms with Crippen molar-refractivity contribution in [2.45, 2.75) is 38.5 Å². The molecular weight excluding hydrogens is 721 g/mol. The van der Waals surface area contributed by atoms with Crippen LogP contribution in [0.5, 0.6) is 0 Å². The van der Waals surface area contributed by atoms with E-state index >= 15 is 0 Å². The highest BCUT2D eigenvalue weighted by molar-refractivity contribution is 6.23. The van der Waals surface area contributed by atoms with Crippen LogP contribution in [0, 0.1) is 0 Å². The van der Waals surface area contributed by atoms with Crippen LogP contribution in [0.25, 0.3) is 99.1 Å². The van der Waals surface area contributed by atoms with Crippen molar-refractivity contribution < 1.29 is 0 Å². The molecule has 0 amide bonds. The molecule has 0 nitrogen and oxygen atoms in total. The minimum Gasteiger partial charge on any atom is -0.0619 e. The number of benzene rings is 10. The van der Waals surface area contributed by atoms with Gasteiger partial charge in [0.25, 0.3) is 0 Å². The summed E-state index contributed by atoms with van der Waals surface area (Å²) in [6, 6.07) is 73.2. The van der Waals surface area contributed by atoms with Crippen LogP contribution in [-0.4, -0.2) is 0 Å². The Balaban J connectivity index is 1.16. The normalized spacial score (nSPS) is 14.3. The number of hydrogen-bond donors (Lipinski definition) is 0. The second kappa shape index (κ2) is 12.7. The molecule has 60 heavy (non-hydrogen) atoms. The SMILES string of the molecule is CC1(C)c2ccccc2-c2cc(-c3c4ccccc4c(-c4ccccc4-c4cccc5ccccc45)c4ccc(-c5ccc6c(c5)C(C)(C)c5ccccc5-6)cc34)ccc21. The van der Waals surface area contributed by atoms with Gasteiger partial charge < -0.3 is 0 Å². The second-order valence-electron chi connectivity index (χ2n) is 18.0. The summed E-state index contributed by atoms with van der Waals surface area (Å²) in [5, 5.41) is 7.57. The van der Waals surface area contributed by atoms with E-state index < -0.39 is 0 Å². The molecule has 0 aliphatic heterocycles. The molecule has 0 heteroatoms. The Bertz CT molecular complexity index is 3420. The van der Waals surface area contributed by atoms with Crippen molar-refractivity contribution in [3.05, 3.63) is 216 Å². The molecule has 0 fully saturated rings. The molecule has 0 unspecified atom stereocenters. The molecule has 10 aromatic carbocycles. The van der Waals surface area contributed by atoms with Gasteiger partial charge in [0.2, 0.25) is 0 Å². The van der Waals surface area contributed by atoms with Gasteiger partial charge in [-0.2, -0.15) is 0 Å². The summed E-state index contributed by atoms with van der Waals surface area (Å²) in [5.41, 5.74) is 20.9. The fraction of sp³-hybridized carbons (Fsp3) is 0.100. The van der Waals surface area contributed by atoms with Gasteiger partial charge in [0, 0.05) is 10.8 Å². The van der Waals surface area contributed by atoms with Crippen LogP contribution in [0.3, 0.4) is 0 Å². The summed E-state index contributed by atoms with van der Waals surface area (Å²) >= 11 is 0. The minimum absolute atomic E-state index is 0.0576. The van der Waals surface area contributed by atoms with Crippen molar-refractivity contribution in [1.29, 1.82) is 0 Å². The van der Waals surface area contributed by atoms with Crippen LogP contribution in [0.2, 0.25) is 0 Å². The van der Waals surface area contributed by atoms with Gasteiger partial charge in [-0.1, -0.05) is 204 Å². The topological polar surface area (TPSA) is 0 Å². The fourth-order valence-electron chi connectivity index (χ4n) is 11.1. The van der Waals surface area contributed by atoms with E-state index in [9.17, 15) is 0 Å². The van der Waals surface area contributed by atoms with Gasteiger partial charge in [-0.3, -0.25) is 0 Å². The molecular formula is C60H44. The molecule has 10 aromatic rings. The van der Waals surface area contributed by atoms with Crippen molar-refractivity contribution >= 4 is 32.3 Å². The number of rotatable bonds is 4. The van der Waals surface area contributed by atoms with Crippen molar-refractivity contribution in [3.8, 4) is 66.8 Å². The lowest BCUT2D eigenvalue weighted by molar-refractivity contribution is 0.660. The molecule has 0 atom stereocenters. The maximum absolute atomic E-state index is 2.49. The molecule has 0 aromatic heterocycles. The Labute approximate surface area is 352 Å². The van der Waals surface area contributed by atoms with Crippen LogP contribution in [0.4, 0.5) is 0 Å². The van der Waals surface area contributed by atoms with Crippen molar-refractivity contribution in [2.75, 3.05) is 0 Å². The highest BCUT2D eigenvalue weighted by Crippen LogP contribution is 2.53. The van der Waals surface area contributed by atoms with Crippen LogP contribution >= 0.6 is 0 Å². The standard InChI is InChI=1S/C60H44/c1-59(2)54-27-14-12-21-45(54)51-35-40(30-33-55(51)59)57-48-23-9-10-24-49(48)58(47-22-8-7-19-43(47)42-25-15-17-37-16-5-6-18-41(37)42)50-32-29-38(34-52(50)57)39-28-31-46-44-20-11-13-26-53(44)60(3,4)56(46)36-39/h5-36H,1-4H3. The average Bonchev–Trinajstić information content (AvgIpc) is 3.66. The smallest absolute Gasteiger partial charge is 0.0159 e. The zero-order valence-corrected chi connectivity index (χ0v) is 34.5. The van der Waals surface area contributed by atoms with Gasteiger partial charge in [-0.05, 0) is 140 Å². The van der Waals surface area contributed by atoms with Gasteiger partial charge in [0.05, 0.1) is 0 Å². The van der Waals surface area contributed by atoms with Crippen molar-refractivity contribution in [2.24, 2.45) is 0 Å². The lowest BCUT2D eigenvalue weighted by Crippen LogP contribution is -2.14. The molecule has 0 saturated carbocycles. The van der Waals surface area contributed by atoms with E-state index in [-0.39, 0.29) is 10.8 Å². The summed E-state index contributed by atoms with van der Waals surface area (Å²) in [7, 11) is 0. The summed E-state index contributed by atoms with van der Waals surface area (Å²) in [4.78, 5) is 0. The van der Waals surface area contributed by atoms with Crippen molar-refractivity contribution in [1.82, 2.24) is 0 Å². The van der Waals surface area contributed by atoms with Gasteiger partial charge in [0.1, 0.15) is 0 Å². The molecule has 284 valence electrons. The summed E-state index contributed by atoms with van der Waals surface area (Å²) in [6.45, 7) is 9.48. The maximum Gasteiger partial charge on any atom is 0.0159 e. The lowest BCUT2D eigenvalue weighted by Gasteiger charge is -2.23. The van der Waals surface area contributed by atoms with Crippen LogP contribution in [0.1, 0.15) is 49.9 Å². The van der Waals surface area contributed by atoms with Gasteiger partial charge in [0.15, 0.2) is 0 Å². The summed E-state index contributed by atoms with van der Waals surface area (Å²) in [6.07, 6.45) is 0. The Hall–Kier alpha value is -7.02. The van der Waals surface area contributed by atoms with E-state index in [1.165, 1.54) is 121 Å². The molecule has 0 bridgehead atoms. The van der Waals surface area contributed by atoms with E-state index in [4.69, 9.17) is 0 Å². The third kappa shape index (κ3) is 4.91.